The highest BCUT2D eigenvalue weighted by atomic mass is 19.1. The van der Waals surface area contributed by atoms with Crippen molar-refractivity contribution in [3.8, 4) is 0 Å². The molecule has 0 aliphatic carbocycles. The summed E-state index contributed by atoms with van der Waals surface area (Å²) in [5.41, 5.74) is 1.23. The van der Waals surface area contributed by atoms with Gasteiger partial charge in [0.2, 0.25) is 11.8 Å². The van der Waals surface area contributed by atoms with Crippen molar-refractivity contribution in [2.45, 2.75) is 26.3 Å². The first-order valence-electron chi connectivity index (χ1n) is 11.5. The summed E-state index contributed by atoms with van der Waals surface area (Å²) < 4.78 is 18.8. The zero-order valence-corrected chi connectivity index (χ0v) is 19.2. The van der Waals surface area contributed by atoms with Crippen LogP contribution in [-0.2, 0) is 17.8 Å². The number of hydrogen-bond acceptors (Lipinski definition) is 6. The fourth-order valence-electron chi connectivity index (χ4n) is 4.03. The predicted octanol–water partition coefficient (Wildman–Crippen LogP) is 3.15. The maximum Gasteiger partial charge on any atom is 0.254 e. The van der Waals surface area contributed by atoms with Crippen LogP contribution in [0.25, 0.3) is 0 Å². The summed E-state index contributed by atoms with van der Waals surface area (Å²) in [6, 6.07) is 15.3. The summed E-state index contributed by atoms with van der Waals surface area (Å²) in [5, 5.41) is 4.05. The normalized spacial score (nSPS) is 14.2. The number of piperazine rings is 1. The number of amides is 2. The average molecular weight is 466 g/mol. The Balaban J connectivity index is 1.24. The molecule has 1 fully saturated rings. The minimum Gasteiger partial charge on any atom is -0.339 e. The Morgan fingerprint density at radius 1 is 1.06 bits per heavy atom. The standard InChI is InChI=1S/C25H28FN5O3/c1-2-31(21-9-4-3-5-10-21)24(32)12-11-23-27-22(28-34-23)18-29-13-15-30(16-14-29)25(33)19-7-6-8-20(26)17-19/h3-10,17H,2,11-16,18H2,1H3. The van der Waals surface area contributed by atoms with Gasteiger partial charge in [-0.1, -0.05) is 29.4 Å². The summed E-state index contributed by atoms with van der Waals surface area (Å²) in [6.07, 6.45) is 0.663. The molecule has 4 rings (SSSR count). The quantitative estimate of drug-likeness (QED) is 0.508. The number of rotatable bonds is 8. The molecular formula is C25H28FN5O3. The number of anilines is 1. The highest BCUT2D eigenvalue weighted by Gasteiger charge is 2.24. The van der Waals surface area contributed by atoms with Gasteiger partial charge in [0, 0.05) is 56.8 Å². The smallest absolute Gasteiger partial charge is 0.254 e. The van der Waals surface area contributed by atoms with Crippen molar-refractivity contribution < 1.29 is 18.5 Å². The monoisotopic (exact) mass is 465 g/mol. The first-order valence-corrected chi connectivity index (χ1v) is 11.5. The third-order valence-corrected chi connectivity index (χ3v) is 5.84. The van der Waals surface area contributed by atoms with Crippen LogP contribution in [0.1, 0.15) is 35.4 Å². The molecule has 8 nitrogen and oxygen atoms in total. The molecule has 3 aromatic rings. The Morgan fingerprint density at radius 3 is 2.53 bits per heavy atom. The summed E-state index contributed by atoms with van der Waals surface area (Å²) in [5.74, 6) is 0.423. The van der Waals surface area contributed by atoms with Crippen molar-refractivity contribution in [2.75, 3.05) is 37.6 Å². The number of halogens is 1. The van der Waals surface area contributed by atoms with E-state index >= 15 is 0 Å². The number of carbonyl (C=O) groups excluding carboxylic acids is 2. The number of benzene rings is 2. The van der Waals surface area contributed by atoms with E-state index in [1.165, 1.54) is 12.1 Å². The molecule has 1 saturated heterocycles. The first-order chi connectivity index (χ1) is 16.5. The summed E-state index contributed by atoms with van der Waals surface area (Å²) in [6.45, 7) is 5.44. The van der Waals surface area contributed by atoms with Crippen LogP contribution < -0.4 is 4.90 Å². The van der Waals surface area contributed by atoms with Crippen molar-refractivity contribution in [2.24, 2.45) is 0 Å². The van der Waals surface area contributed by atoms with Gasteiger partial charge >= 0.3 is 0 Å². The molecule has 0 N–H and O–H groups in total. The Hall–Kier alpha value is -3.59. The van der Waals surface area contributed by atoms with Gasteiger partial charge in [0.15, 0.2) is 5.82 Å². The second-order valence-electron chi connectivity index (χ2n) is 8.16. The molecule has 2 aromatic carbocycles. The van der Waals surface area contributed by atoms with E-state index in [0.29, 0.717) is 63.0 Å². The van der Waals surface area contributed by atoms with E-state index < -0.39 is 5.82 Å². The van der Waals surface area contributed by atoms with Crippen molar-refractivity contribution in [1.82, 2.24) is 19.9 Å². The molecule has 1 aliphatic heterocycles. The van der Waals surface area contributed by atoms with Crippen LogP contribution in [0, 0.1) is 5.82 Å². The van der Waals surface area contributed by atoms with Gasteiger partial charge in [0.1, 0.15) is 5.82 Å². The van der Waals surface area contributed by atoms with Crippen LogP contribution in [0.5, 0.6) is 0 Å². The number of aryl methyl sites for hydroxylation is 1. The van der Waals surface area contributed by atoms with Gasteiger partial charge in [-0.25, -0.2) is 4.39 Å². The zero-order chi connectivity index (χ0) is 23.9. The van der Waals surface area contributed by atoms with Gasteiger partial charge < -0.3 is 14.3 Å². The topological polar surface area (TPSA) is 82.8 Å². The highest BCUT2D eigenvalue weighted by Crippen LogP contribution is 2.16. The van der Waals surface area contributed by atoms with Gasteiger partial charge in [0.05, 0.1) is 6.54 Å². The molecule has 178 valence electrons. The van der Waals surface area contributed by atoms with Crippen LogP contribution in [0.2, 0.25) is 0 Å². The van der Waals surface area contributed by atoms with Crippen LogP contribution >= 0.6 is 0 Å². The van der Waals surface area contributed by atoms with E-state index in [1.54, 1.807) is 21.9 Å². The van der Waals surface area contributed by atoms with Crippen molar-refractivity contribution in [3.05, 3.63) is 77.7 Å². The van der Waals surface area contributed by atoms with E-state index in [9.17, 15) is 14.0 Å². The van der Waals surface area contributed by atoms with Crippen LogP contribution in [0.15, 0.2) is 59.1 Å². The molecule has 2 amide bonds. The lowest BCUT2D eigenvalue weighted by Crippen LogP contribution is -2.48. The number of hydrogen-bond donors (Lipinski definition) is 0. The van der Waals surface area contributed by atoms with E-state index in [2.05, 4.69) is 15.0 Å². The Kier molecular flexibility index (Phi) is 7.64. The summed E-state index contributed by atoms with van der Waals surface area (Å²) >= 11 is 0. The fraction of sp³-hybridized carbons (Fsp3) is 0.360. The van der Waals surface area contributed by atoms with Gasteiger partial charge in [-0.15, -0.1) is 0 Å². The third-order valence-electron chi connectivity index (χ3n) is 5.84. The lowest BCUT2D eigenvalue weighted by Gasteiger charge is -2.34. The SMILES string of the molecule is CCN(C(=O)CCc1nc(CN2CCN(C(=O)c3cccc(F)c3)CC2)no1)c1ccccc1. The second kappa shape index (κ2) is 11.0. The Bertz CT molecular complexity index is 1110. The summed E-state index contributed by atoms with van der Waals surface area (Å²) in [4.78, 5) is 35.3. The fourth-order valence-corrected chi connectivity index (χ4v) is 4.03. The van der Waals surface area contributed by atoms with E-state index in [0.717, 1.165) is 5.69 Å². The van der Waals surface area contributed by atoms with Crippen molar-refractivity contribution >= 4 is 17.5 Å². The molecule has 1 aliphatic rings. The Morgan fingerprint density at radius 2 is 1.82 bits per heavy atom. The van der Waals surface area contributed by atoms with E-state index in [-0.39, 0.29) is 18.2 Å². The molecule has 2 heterocycles. The molecule has 0 bridgehead atoms. The molecule has 1 aromatic heterocycles. The van der Waals surface area contributed by atoms with Crippen LogP contribution in [0.3, 0.4) is 0 Å². The van der Waals surface area contributed by atoms with Gasteiger partial charge in [-0.2, -0.15) is 4.98 Å². The third kappa shape index (κ3) is 5.85. The number of nitrogens with zero attached hydrogens (tertiary/aromatic N) is 5. The summed E-state index contributed by atoms with van der Waals surface area (Å²) in [7, 11) is 0. The predicted molar refractivity (Wildman–Crippen MR) is 125 cm³/mol. The Labute approximate surface area is 198 Å². The molecule has 9 heteroatoms. The van der Waals surface area contributed by atoms with Gasteiger partial charge in [-0.3, -0.25) is 14.5 Å². The average Bonchev–Trinajstić information content (AvgIpc) is 3.31. The number of aromatic nitrogens is 2. The molecule has 0 radical (unpaired) electrons. The van der Waals surface area contributed by atoms with Crippen molar-refractivity contribution in [1.29, 1.82) is 0 Å². The molecular weight excluding hydrogens is 437 g/mol. The largest absolute Gasteiger partial charge is 0.339 e. The van der Waals surface area contributed by atoms with E-state index in [4.69, 9.17) is 4.52 Å². The molecule has 34 heavy (non-hydrogen) atoms. The van der Waals surface area contributed by atoms with Gasteiger partial charge in [-0.05, 0) is 37.3 Å². The van der Waals surface area contributed by atoms with Crippen LogP contribution in [0.4, 0.5) is 10.1 Å². The molecule has 0 unspecified atom stereocenters. The first kappa shape index (κ1) is 23.6. The zero-order valence-electron chi connectivity index (χ0n) is 19.2. The second-order valence-corrected chi connectivity index (χ2v) is 8.16. The van der Waals surface area contributed by atoms with Crippen LogP contribution in [-0.4, -0.2) is 64.5 Å². The number of para-hydroxylation sites is 1. The minimum atomic E-state index is -0.415. The van der Waals surface area contributed by atoms with E-state index in [1.807, 2.05) is 37.3 Å². The van der Waals surface area contributed by atoms with Gasteiger partial charge in [0.25, 0.3) is 5.91 Å². The van der Waals surface area contributed by atoms with Crippen molar-refractivity contribution in [3.63, 3.8) is 0 Å². The molecule has 0 saturated carbocycles. The highest BCUT2D eigenvalue weighted by molar-refractivity contribution is 5.94. The minimum absolute atomic E-state index is 0.00698. The molecule has 0 atom stereocenters. The number of carbonyl (C=O) groups is 2. The lowest BCUT2D eigenvalue weighted by molar-refractivity contribution is -0.118. The lowest BCUT2D eigenvalue weighted by atomic mass is 10.1. The molecule has 0 spiro atoms. The maximum atomic E-state index is 13.4. The maximum absolute atomic E-state index is 13.4.